The second-order valence-corrected chi connectivity index (χ2v) is 6.88. The standard InChI is InChI=1S/C16H20BrN3O4S/c1-4-23-15(22)14-9-5-13(24-8(2)21)10(17)6-11(9)20(3)12(14)7-19-16(18)25/h5-6,12,14H,4,7H2,1-3H3,(H3,18,19,25). The largest absolute Gasteiger partial charge is 0.465 e. The van der Waals surface area contributed by atoms with E-state index in [1.807, 2.05) is 18.0 Å². The van der Waals surface area contributed by atoms with Gasteiger partial charge in [0.15, 0.2) is 5.11 Å². The highest BCUT2D eigenvalue weighted by atomic mass is 79.9. The summed E-state index contributed by atoms with van der Waals surface area (Å²) in [5.74, 6) is -0.980. The van der Waals surface area contributed by atoms with Crippen molar-refractivity contribution < 1.29 is 19.1 Å². The molecule has 3 N–H and O–H groups in total. The van der Waals surface area contributed by atoms with Gasteiger partial charge in [0.25, 0.3) is 0 Å². The second kappa shape index (κ2) is 8.01. The summed E-state index contributed by atoms with van der Waals surface area (Å²) in [7, 11) is 1.88. The number of benzene rings is 1. The first-order valence-corrected chi connectivity index (χ1v) is 8.91. The number of thiocarbonyl (C=S) groups is 1. The van der Waals surface area contributed by atoms with Gasteiger partial charge >= 0.3 is 11.9 Å². The lowest BCUT2D eigenvalue weighted by Gasteiger charge is -2.26. The first kappa shape index (κ1) is 19.5. The minimum absolute atomic E-state index is 0.161. The Morgan fingerprint density at radius 1 is 1.44 bits per heavy atom. The van der Waals surface area contributed by atoms with Crippen molar-refractivity contribution in [3.8, 4) is 5.75 Å². The fourth-order valence-electron chi connectivity index (χ4n) is 2.93. The van der Waals surface area contributed by atoms with Crippen LogP contribution in [-0.2, 0) is 14.3 Å². The number of esters is 2. The molecule has 1 aromatic carbocycles. The van der Waals surface area contributed by atoms with Gasteiger partial charge in [0.2, 0.25) is 0 Å². The van der Waals surface area contributed by atoms with Crippen LogP contribution in [0.4, 0.5) is 5.69 Å². The predicted octanol–water partition coefficient (Wildman–Crippen LogP) is 1.67. The number of ether oxygens (including phenoxy) is 2. The quantitative estimate of drug-likeness (QED) is 0.414. The number of nitrogens with zero attached hydrogens (tertiary/aromatic N) is 1. The smallest absolute Gasteiger partial charge is 0.315 e. The predicted molar refractivity (Wildman–Crippen MR) is 102 cm³/mol. The van der Waals surface area contributed by atoms with E-state index in [4.69, 9.17) is 27.4 Å². The number of hydrogen-bond acceptors (Lipinski definition) is 6. The van der Waals surface area contributed by atoms with Gasteiger partial charge in [-0.05, 0) is 52.8 Å². The monoisotopic (exact) mass is 429 g/mol. The molecule has 1 heterocycles. The second-order valence-electron chi connectivity index (χ2n) is 5.59. The van der Waals surface area contributed by atoms with Crippen molar-refractivity contribution in [2.75, 3.05) is 25.1 Å². The van der Waals surface area contributed by atoms with Gasteiger partial charge in [-0.1, -0.05) is 0 Å². The average molecular weight is 430 g/mol. The Labute approximate surface area is 160 Å². The van der Waals surface area contributed by atoms with E-state index in [0.717, 1.165) is 11.3 Å². The number of halogens is 1. The first-order valence-electron chi connectivity index (χ1n) is 7.70. The summed E-state index contributed by atoms with van der Waals surface area (Å²) in [6.45, 7) is 3.73. The van der Waals surface area contributed by atoms with Crippen molar-refractivity contribution in [2.24, 2.45) is 5.73 Å². The summed E-state index contributed by atoms with van der Waals surface area (Å²) in [5.41, 5.74) is 7.10. The highest BCUT2D eigenvalue weighted by Crippen LogP contribution is 2.45. The SMILES string of the molecule is CCOC(=O)C1c2cc(OC(C)=O)c(Br)cc2N(C)C1CNC(N)=S. The lowest BCUT2D eigenvalue weighted by Crippen LogP contribution is -2.45. The van der Waals surface area contributed by atoms with Crippen molar-refractivity contribution in [1.82, 2.24) is 5.32 Å². The number of likely N-dealkylation sites (N-methyl/N-ethyl adjacent to an activating group) is 1. The zero-order valence-corrected chi connectivity index (χ0v) is 16.6. The van der Waals surface area contributed by atoms with Crippen LogP contribution >= 0.6 is 28.1 Å². The van der Waals surface area contributed by atoms with E-state index in [1.165, 1.54) is 6.92 Å². The molecule has 0 fully saturated rings. The Hall–Kier alpha value is -1.87. The van der Waals surface area contributed by atoms with Crippen molar-refractivity contribution in [2.45, 2.75) is 25.8 Å². The van der Waals surface area contributed by atoms with Gasteiger partial charge in [0, 0.05) is 26.2 Å². The fraction of sp³-hybridized carbons (Fsp3) is 0.438. The molecular formula is C16H20BrN3O4S. The van der Waals surface area contributed by atoms with Gasteiger partial charge in [-0.3, -0.25) is 9.59 Å². The zero-order chi connectivity index (χ0) is 18.7. The summed E-state index contributed by atoms with van der Waals surface area (Å²) in [4.78, 5) is 25.8. The molecule has 0 radical (unpaired) electrons. The van der Waals surface area contributed by atoms with Crippen molar-refractivity contribution in [3.05, 3.63) is 22.2 Å². The third-order valence-corrected chi connectivity index (χ3v) is 4.72. The van der Waals surface area contributed by atoms with Crippen LogP contribution in [0.1, 0.15) is 25.3 Å². The topological polar surface area (TPSA) is 93.9 Å². The molecule has 1 aliphatic heterocycles. The third kappa shape index (κ3) is 4.21. The highest BCUT2D eigenvalue weighted by molar-refractivity contribution is 9.10. The molecule has 7 nitrogen and oxygen atoms in total. The maximum Gasteiger partial charge on any atom is 0.315 e. The molecule has 0 aliphatic carbocycles. The maximum atomic E-state index is 12.6. The summed E-state index contributed by atoms with van der Waals surface area (Å²) >= 11 is 8.27. The number of nitrogens with one attached hydrogen (secondary N) is 1. The lowest BCUT2D eigenvalue weighted by molar-refractivity contribution is -0.145. The molecule has 0 aromatic heterocycles. The molecular weight excluding hydrogens is 410 g/mol. The maximum absolute atomic E-state index is 12.6. The van der Waals surface area contributed by atoms with Gasteiger partial charge in [0.05, 0.1) is 17.1 Å². The zero-order valence-electron chi connectivity index (χ0n) is 14.2. The van der Waals surface area contributed by atoms with E-state index in [2.05, 4.69) is 21.2 Å². The van der Waals surface area contributed by atoms with E-state index < -0.39 is 11.9 Å². The Bertz CT molecular complexity index is 713. The molecule has 0 spiro atoms. The van der Waals surface area contributed by atoms with Gasteiger partial charge in [-0.25, -0.2) is 0 Å². The normalized spacial score (nSPS) is 18.5. The Kier molecular flexibility index (Phi) is 6.23. The summed E-state index contributed by atoms with van der Waals surface area (Å²) in [6.07, 6.45) is 0. The van der Waals surface area contributed by atoms with Gasteiger partial charge in [-0.15, -0.1) is 0 Å². The lowest BCUT2D eigenvalue weighted by atomic mass is 9.94. The fourth-order valence-corrected chi connectivity index (χ4v) is 3.43. The molecule has 2 atom stereocenters. The number of anilines is 1. The Morgan fingerprint density at radius 2 is 2.12 bits per heavy atom. The highest BCUT2D eigenvalue weighted by Gasteiger charge is 2.42. The number of nitrogens with two attached hydrogens (primary N) is 1. The van der Waals surface area contributed by atoms with Gasteiger partial charge in [0.1, 0.15) is 11.7 Å². The Morgan fingerprint density at radius 3 is 2.68 bits per heavy atom. The van der Waals surface area contributed by atoms with E-state index in [9.17, 15) is 9.59 Å². The van der Waals surface area contributed by atoms with E-state index in [1.54, 1.807) is 13.0 Å². The third-order valence-electron chi connectivity index (χ3n) is 3.96. The number of rotatable bonds is 5. The molecule has 0 amide bonds. The van der Waals surface area contributed by atoms with Crippen LogP contribution in [0, 0.1) is 0 Å². The van der Waals surface area contributed by atoms with Crippen molar-refractivity contribution in [1.29, 1.82) is 0 Å². The molecule has 9 heteroatoms. The van der Waals surface area contributed by atoms with Crippen LogP contribution in [0.5, 0.6) is 5.75 Å². The molecule has 0 saturated heterocycles. The van der Waals surface area contributed by atoms with E-state index >= 15 is 0 Å². The molecule has 25 heavy (non-hydrogen) atoms. The summed E-state index contributed by atoms with van der Waals surface area (Å²) in [5, 5.41) is 3.06. The summed E-state index contributed by atoms with van der Waals surface area (Å²) < 4.78 is 11.1. The molecule has 1 aliphatic rings. The molecule has 1 aromatic rings. The molecule has 136 valence electrons. The minimum Gasteiger partial charge on any atom is -0.465 e. The van der Waals surface area contributed by atoms with Crippen molar-refractivity contribution >= 4 is 50.9 Å². The number of carbonyl (C=O) groups excluding carboxylic acids is 2. The molecule has 0 saturated carbocycles. The van der Waals surface area contributed by atoms with Crippen LogP contribution in [0.25, 0.3) is 0 Å². The Balaban J connectivity index is 2.46. The first-order chi connectivity index (χ1) is 11.8. The molecule has 2 unspecified atom stereocenters. The van der Waals surface area contributed by atoms with Crippen LogP contribution in [0.3, 0.4) is 0 Å². The van der Waals surface area contributed by atoms with Gasteiger partial charge in [-0.2, -0.15) is 0 Å². The van der Waals surface area contributed by atoms with Crippen LogP contribution in [0.2, 0.25) is 0 Å². The number of carbonyl (C=O) groups is 2. The number of hydrogen-bond donors (Lipinski definition) is 2. The molecule has 2 rings (SSSR count). The average Bonchev–Trinajstić information content (AvgIpc) is 2.77. The van der Waals surface area contributed by atoms with Crippen LogP contribution < -0.4 is 20.7 Å². The number of fused-ring (bicyclic) bond motifs is 1. The van der Waals surface area contributed by atoms with Crippen LogP contribution in [-0.4, -0.2) is 43.3 Å². The van der Waals surface area contributed by atoms with Gasteiger partial charge < -0.3 is 25.4 Å². The van der Waals surface area contributed by atoms with Crippen molar-refractivity contribution in [3.63, 3.8) is 0 Å². The van der Waals surface area contributed by atoms with E-state index in [0.29, 0.717) is 16.8 Å². The minimum atomic E-state index is -0.552. The van der Waals surface area contributed by atoms with Crippen LogP contribution in [0.15, 0.2) is 16.6 Å². The summed E-state index contributed by atoms with van der Waals surface area (Å²) in [6, 6.07) is 3.27. The molecule has 0 bridgehead atoms. The van der Waals surface area contributed by atoms with E-state index in [-0.39, 0.29) is 23.7 Å².